The van der Waals surface area contributed by atoms with E-state index in [-0.39, 0.29) is 40.3 Å². The van der Waals surface area contributed by atoms with Crippen LogP contribution in [0.25, 0.3) is 21.6 Å². The molecule has 1 saturated heterocycles. The molecule has 0 unspecified atom stereocenters. The molecule has 35 heavy (non-hydrogen) atoms. The Morgan fingerprint density at radius 1 is 1.37 bits per heavy atom. The molecule has 1 fully saturated rings. The van der Waals surface area contributed by atoms with Crippen molar-refractivity contribution in [3.8, 4) is 0 Å². The number of thioether (sulfide) groups is 1. The number of azide groups is 1. The Kier molecular flexibility index (Phi) is 7.90. The van der Waals surface area contributed by atoms with Gasteiger partial charge in [0.25, 0.3) is 0 Å². The Morgan fingerprint density at radius 3 is 2.97 bits per heavy atom. The van der Waals surface area contributed by atoms with Crippen LogP contribution in [0.3, 0.4) is 0 Å². The number of nitrogen functional groups attached to an aromatic ring is 1. The Bertz CT molecular complexity index is 1270. The first kappa shape index (κ1) is 25.0. The van der Waals surface area contributed by atoms with E-state index in [1.54, 1.807) is 6.07 Å². The molecular weight excluding hydrogens is 498 g/mol. The number of rotatable bonds is 9. The lowest BCUT2D eigenvalue weighted by Gasteiger charge is -2.19. The molecule has 2 aromatic heterocycles. The number of benzene rings is 1. The molecule has 184 valence electrons. The summed E-state index contributed by atoms with van der Waals surface area (Å²) in [7, 11) is 0. The van der Waals surface area contributed by atoms with Gasteiger partial charge < -0.3 is 26.0 Å². The number of nitrogens with two attached hydrogens (primary N) is 1. The molecular formula is C20H22ClN9O4S. The van der Waals surface area contributed by atoms with Crippen molar-refractivity contribution in [2.45, 2.75) is 36.1 Å². The second-order valence-electron chi connectivity index (χ2n) is 7.67. The SMILES string of the molecule is [N-]=[N+]=NC[C@H]1O[C@@H](n2c(SCC(=O)NCCc3cccc(Cl)c3)nc3c(N)ncnc32)[C@H](O)[C@@H]1O. The average molecular weight is 520 g/mol. The fourth-order valence-electron chi connectivity index (χ4n) is 3.67. The van der Waals surface area contributed by atoms with Gasteiger partial charge in [0.1, 0.15) is 18.5 Å². The summed E-state index contributed by atoms with van der Waals surface area (Å²) in [6, 6.07) is 7.40. The van der Waals surface area contributed by atoms with Crippen LogP contribution < -0.4 is 11.1 Å². The summed E-state index contributed by atoms with van der Waals surface area (Å²) in [4.78, 5) is 27.7. The molecule has 0 radical (unpaired) electrons. The van der Waals surface area contributed by atoms with Crippen molar-refractivity contribution in [3.63, 3.8) is 0 Å². The molecule has 1 aliphatic heterocycles. The molecule has 5 N–H and O–H groups in total. The second kappa shape index (κ2) is 11.1. The zero-order valence-corrected chi connectivity index (χ0v) is 19.8. The smallest absolute Gasteiger partial charge is 0.230 e. The minimum absolute atomic E-state index is 0.0136. The van der Waals surface area contributed by atoms with Gasteiger partial charge in [-0.3, -0.25) is 9.36 Å². The third-order valence-corrected chi connectivity index (χ3v) is 6.53. The van der Waals surface area contributed by atoms with E-state index in [9.17, 15) is 15.0 Å². The van der Waals surface area contributed by atoms with Gasteiger partial charge in [0, 0.05) is 16.5 Å². The number of aromatic nitrogens is 4. The number of carbonyl (C=O) groups is 1. The first-order valence-electron chi connectivity index (χ1n) is 10.5. The number of imidazole rings is 1. The van der Waals surface area contributed by atoms with E-state index in [0.29, 0.717) is 18.0 Å². The summed E-state index contributed by atoms with van der Waals surface area (Å²) < 4.78 is 7.24. The van der Waals surface area contributed by atoms with Crippen molar-refractivity contribution in [2.75, 3.05) is 24.6 Å². The number of aliphatic hydroxyl groups is 2. The average Bonchev–Trinajstić information content (AvgIpc) is 3.34. The molecule has 3 heterocycles. The fourth-order valence-corrected chi connectivity index (χ4v) is 4.73. The predicted octanol–water partition coefficient (Wildman–Crippen LogP) is 1.44. The normalized spacial score (nSPS) is 21.7. The number of carbonyl (C=O) groups excluding carboxylic acids is 1. The van der Waals surface area contributed by atoms with Crippen LogP contribution in [0.5, 0.6) is 0 Å². The van der Waals surface area contributed by atoms with Gasteiger partial charge in [-0.15, -0.1) is 0 Å². The first-order valence-corrected chi connectivity index (χ1v) is 11.9. The Morgan fingerprint density at radius 2 is 2.20 bits per heavy atom. The van der Waals surface area contributed by atoms with E-state index in [0.717, 1.165) is 17.3 Å². The number of hydrogen-bond acceptors (Lipinski definition) is 10. The number of aliphatic hydroxyl groups excluding tert-OH is 2. The summed E-state index contributed by atoms with van der Waals surface area (Å²) in [6.45, 7) is 0.249. The maximum Gasteiger partial charge on any atom is 0.230 e. The molecule has 0 spiro atoms. The van der Waals surface area contributed by atoms with Gasteiger partial charge in [-0.1, -0.05) is 40.6 Å². The van der Waals surface area contributed by atoms with Gasteiger partial charge in [-0.2, -0.15) is 0 Å². The van der Waals surface area contributed by atoms with Crippen molar-refractivity contribution < 1.29 is 19.7 Å². The van der Waals surface area contributed by atoms with Crippen molar-refractivity contribution in [1.82, 2.24) is 24.8 Å². The number of nitrogens with one attached hydrogen (secondary N) is 1. The third kappa shape index (κ3) is 5.59. The molecule has 0 bridgehead atoms. The van der Waals surface area contributed by atoms with Crippen LogP contribution in [0, 0.1) is 0 Å². The number of nitrogens with zero attached hydrogens (tertiary/aromatic N) is 7. The molecule has 4 rings (SSSR count). The van der Waals surface area contributed by atoms with Crippen LogP contribution in [0.15, 0.2) is 40.9 Å². The third-order valence-electron chi connectivity index (χ3n) is 5.35. The van der Waals surface area contributed by atoms with E-state index in [2.05, 4.69) is 30.3 Å². The number of anilines is 1. The van der Waals surface area contributed by atoms with Crippen molar-refractivity contribution in [2.24, 2.45) is 5.11 Å². The second-order valence-corrected chi connectivity index (χ2v) is 9.05. The zero-order valence-electron chi connectivity index (χ0n) is 18.2. The standard InChI is InChI=1S/C20H22ClN9O4S/c21-11-3-1-2-10(6-11)4-5-24-13(31)8-35-20-28-14-17(22)25-9-26-18(14)30(20)19-16(33)15(32)12(34-19)7-27-29-23/h1-3,6,9,12,15-16,19,32-33H,4-5,7-8H2,(H,24,31)(H2,22,25,26)/t12-,15-,16-,19-/m1/s1. The lowest BCUT2D eigenvalue weighted by atomic mass is 10.1. The van der Waals surface area contributed by atoms with E-state index in [1.165, 1.54) is 10.9 Å². The van der Waals surface area contributed by atoms with E-state index >= 15 is 0 Å². The molecule has 4 atom stereocenters. The highest BCUT2D eigenvalue weighted by atomic mass is 35.5. The van der Waals surface area contributed by atoms with E-state index in [1.807, 2.05) is 18.2 Å². The van der Waals surface area contributed by atoms with Gasteiger partial charge in [-0.05, 0) is 29.6 Å². The summed E-state index contributed by atoms with van der Waals surface area (Å²) in [5, 5.41) is 28.2. The van der Waals surface area contributed by atoms with Crippen LogP contribution in [0.4, 0.5) is 5.82 Å². The molecule has 3 aromatic rings. The topological polar surface area (TPSA) is 197 Å². The fraction of sp³-hybridized carbons (Fsp3) is 0.400. The van der Waals surface area contributed by atoms with Crippen LogP contribution in [0.2, 0.25) is 5.02 Å². The number of amides is 1. The molecule has 1 aromatic carbocycles. The monoisotopic (exact) mass is 519 g/mol. The zero-order chi connectivity index (χ0) is 24.9. The Labute approximate surface area is 208 Å². The molecule has 13 nitrogen and oxygen atoms in total. The highest BCUT2D eigenvalue weighted by Crippen LogP contribution is 2.36. The highest BCUT2D eigenvalue weighted by Gasteiger charge is 2.45. The van der Waals surface area contributed by atoms with Gasteiger partial charge in [0.2, 0.25) is 5.91 Å². The summed E-state index contributed by atoms with van der Waals surface area (Å²) in [5.41, 5.74) is 16.0. The minimum atomic E-state index is -1.37. The summed E-state index contributed by atoms with van der Waals surface area (Å²) in [6.07, 6.45) is -2.86. The van der Waals surface area contributed by atoms with Gasteiger partial charge in [-0.25, -0.2) is 15.0 Å². The maximum atomic E-state index is 12.5. The van der Waals surface area contributed by atoms with Crippen molar-refractivity contribution in [1.29, 1.82) is 0 Å². The van der Waals surface area contributed by atoms with Gasteiger partial charge in [0.15, 0.2) is 28.4 Å². The summed E-state index contributed by atoms with van der Waals surface area (Å²) in [5.74, 6) is -0.108. The minimum Gasteiger partial charge on any atom is -0.388 e. The van der Waals surface area contributed by atoms with E-state index in [4.69, 9.17) is 27.6 Å². The lowest BCUT2D eigenvalue weighted by Crippen LogP contribution is -2.33. The molecule has 0 saturated carbocycles. The number of halogens is 1. The molecule has 1 amide bonds. The van der Waals surface area contributed by atoms with Crippen molar-refractivity contribution >= 4 is 46.3 Å². The predicted molar refractivity (Wildman–Crippen MR) is 129 cm³/mol. The van der Waals surface area contributed by atoms with Crippen molar-refractivity contribution in [3.05, 3.63) is 51.6 Å². The molecule has 0 aliphatic carbocycles. The van der Waals surface area contributed by atoms with Gasteiger partial charge in [0.05, 0.1) is 18.4 Å². The lowest BCUT2D eigenvalue weighted by molar-refractivity contribution is -0.118. The molecule has 1 aliphatic rings. The summed E-state index contributed by atoms with van der Waals surface area (Å²) >= 11 is 7.08. The maximum absolute atomic E-state index is 12.5. The van der Waals surface area contributed by atoms with Crippen LogP contribution >= 0.6 is 23.4 Å². The van der Waals surface area contributed by atoms with Crippen LogP contribution in [-0.2, 0) is 16.0 Å². The first-order chi connectivity index (χ1) is 16.9. The molecule has 15 heteroatoms. The highest BCUT2D eigenvalue weighted by molar-refractivity contribution is 7.99. The largest absolute Gasteiger partial charge is 0.388 e. The number of fused-ring (bicyclic) bond motifs is 1. The quantitative estimate of drug-likeness (QED) is 0.140. The van der Waals surface area contributed by atoms with Gasteiger partial charge >= 0.3 is 0 Å². The van der Waals surface area contributed by atoms with E-state index < -0.39 is 24.5 Å². The van der Waals surface area contributed by atoms with Crippen LogP contribution in [-0.4, -0.2) is 72.8 Å². The van der Waals surface area contributed by atoms with Crippen LogP contribution in [0.1, 0.15) is 11.8 Å². The Hall–Kier alpha value is -3.13. The number of hydrogen-bond donors (Lipinski definition) is 4. The number of ether oxygens (including phenoxy) is 1. The Balaban J connectivity index is 1.49.